The summed E-state index contributed by atoms with van der Waals surface area (Å²) in [6.07, 6.45) is 2.23. The molecule has 1 aromatic carbocycles. The SMILES string of the molecule is O=S(=O)(NCc1nc(N2CCCC2)c2cc(Cl)ccc2n1)c1cccs1. The Balaban J connectivity index is 1.68. The van der Waals surface area contributed by atoms with E-state index in [-0.39, 0.29) is 10.8 Å². The summed E-state index contributed by atoms with van der Waals surface area (Å²) < 4.78 is 27.5. The van der Waals surface area contributed by atoms with E-state index in [9.17, 15) is 8.42 Å². The molecule has 1 saturated heterocycles. The van der Waals surface area contributed by atoms with Crippen LogP contribution < -0.4 is 9.62 Å². The lowest BCUT2D eigenvalue weighted by atomic mass is 10.2. The summed E-state index contributed by atoms with van der Waals surface area (Å²) in [6, 6.07) is 8.78. The zero-order chi connectivity index (χ0) is 18.1. The number of nitrogens with one attached hydrogen (secondary N) is 1. The van der Waals surface area contributed by atoms with Gasteiger partial charge in [-0.25, -0.2) is 23.1 Å². The van der Waals surface area contributed by atoms with Crippen molar-refractivity contribution in [2.75, 3.05) is 18.0 Å². The van der Waals surface area contributed by atoms with Crippen LogP contribution in [0.3, 0.4) is 0 Å². The van der Waals surface area contributed by atoms with E-state index in [2.05, 4.69) is 19.6 Å². The molecule has 1 aliphatic heterocycles. The van der Waals surface area contributed by atoms with Gasteiger partial charge in [-0.1, -0.05) is 17.7 Å². The summed E-state index contributed by atoms with van der Waals surface area (Å²) in [4.78, 5) is 11.4. The van der Waals surface area contributed by atoms with E-state index in [0.717, 1.165) is 42.7 Å². The van der Waals surface area contributed by atoms with Crippen molar-refractivity contribution < 1.29 is 8.42 Å². The van der Waals surface area contributed by atoms with Crippen molar-refractivity contribution >= 4 is 49.7 Å². The fourth-order valence-corrected chi connectivity index (χ4v) is 5.22. The molecule has 0 spiro atoms. The summed E-state index contributed by atoms with van der Waals surface area (Å²) in [6.45, 7) is 1.90. The number of fused-ring (bicyclic) bond motifs is 1. The summed E-state index contributed by atoms with van der Waals surface area (Å²) in [5.41, 5.74) is 0.761. The molecule has 2 aromatic heterocycles. The number of sulfonamides is 1. The second-order valence-electron chi connectivity index (χ2n) is 6.08. The van der Waals surface area contributed by atoms with E-state index in [1.807, 2.05) is 12.1 Å². The number of nitrogens with zero attached hydrogens (tertiary/aromatic N) is 3. The van der Waals surface area contributed by atoms with Crippen LogP contribution in [0.4, 0.5) is 5.82 Å². The minimum atomic E-state index is -3.55. The molecule has 9 heteroatoms. The molecular weight excluding hydrogens is 392 g/mol. The van der Waals surface area contributed by atoms with Gasteiger partial charge in [-0.2, -0.15) is 0 Å². The number of hydrogen-bond acceptors (Lipinski definition) is 6. The first-order chi connectivity index (χ1) is 12.5. The predicted octanol–water partition coefficient (Wildman–Crippen LogP) is 3.42. The monoisotopic (exact) mass is 408 g/mol. The molecule has 6 nitrogen and oxygen atoms in total. The zero-order valence-electron chi connectivity index (χ0n) is 13.9. The minimum absolute atomic E-state index is 0.0413. The Morgan fingerprint density at radius 1 is 1.19 bits per heavy atom. The van der Waals surface area contributed by atoms with E-state index in [1.54, 1.807) is 23.6 Å². The van der Waals surface area contributed by atoms with Gasteiger partial charge in [0.1, 0.15) is 15.9 Å². The molecule has 0 saturated carbocycles. The second-order valence-corrected chi connectivity index (χ2v) is 9.45. The van der Waals surface area contributed by atoms with Gasteiger partial charge in [0.05, 0.1) is 12.1 Å². The highest BCUT2D eigenvalue weighted by Gasteiger charge is 2.20. The van der Waals surface area contributed by atoms with E-state index in [4.69, 9.17) is 11.6 Å². The number of aromatic nitrogens is 2. The maximum atomic E-state index is 12.3. The third-order valence-corrected chi connectivity index (χ3v) is 7.30. The van der Waals surface area contributed by atoms with Crippen molar-refractivity contribution in [3.8, 4) is 0 Å². The highest BCUT2D eigenvalue weighted by molar-refractivity contribution is 7.91. The van der Waals surface area contributed by atoms with E-state index >= 15 is 0 Å². The number of benzene rings is 1. The van der Waals surface area contributed by atoms with Gasteiger partial charge in [-0.3, -0.25) is 0 Å². The number of halogens is 1. The largest absolute Gasteiger partial charge is 0.356 e. The Morgan fingerprint density at radius 3 is 2.73 bits per heavy atom. The molecule has 0 unspecified atom stereocenters. The van der Waals surface area contributed by atoms with Crippen LogP contribution in [0.5, 0.6) is 0 Å². The summed E-state index contributed by atoms with van der Waals surface area (Å²) in [7, 11) is -3.55. The van der Waals surface area contributed by atoms with Crippen LogP contribution in [0.1, 0.15) is 18.7 Å². The molecule has 136 valence electrons. The minimum Gasteiger partial charge on any atom is -0.356 e. The van der Waals surface area contributed by atoms with E-state index in [0.29, 0.717) is 10.8 Å². The molecule has 1 aliphatic rings. The summed E-state index contributed by atoms with van der Waals surface area (Å²) in [5.74, 6) is 1.27. The van der Waals surface area contributed by atoms with Gasteiger partial charge in [0.25, 0.3) is 0 Å². The van der Waals surface area contributed by atoms with Gasteiger partial charge in [0.2, 0.25) is 10.0 Å². The van der Waals surface area contributed by atoms with Crippen molar-refractivity contribution in [3.63, 3.8) is 0 Å². The quantitative estimate of drug-likeness (QED) is 0.700. The van der Waals surface area contributed by atoms with Crippen LogP contribution in [-0.4, -0.2) is 31.5 Å². The standard InChI is InChI=1S/C17H17ClN4O2S2/c18-12-5-6-14-13(10-12)17(22-7-1-2-8-22)21-15(20-14)11-19-26(23,24)16-4-3-9-25-16/h3-6,9-10,19H,1-2,7-8,11H2. The molecule has 3 heterocycles. The molecule has 0 aliphatic carbocycles. The van der Waals surface area contributed by atoms with E-state index < -0.39 is 10.0 Å². The Labute approximate surface area is 160 Å². The molecule has 0 atom stereocenters. The lowest BCUT2D eigenvalue weighted by Gasteiger charge is -2.19. The number of thiophene rings is 1. The lowest BCUT2D eigenvalue weighted by molar-refractivity contribution is 0.581. The fraction of sp³-hybridized carbons (Fsp3) is 0.294. The van der Waals surface area contributed by atoms with Crippen molar-refractivity contribution in [1.82, 2.24) is 14.7 Å². The molecular formula is C17H17ClN4O2S2. The van der Waals surface area contributed by atoms with Crippen molar-refractivity contribution in [2.45, 2.75) is 23.6 Å². The van der Waals surface area contributed by atoms with Gasteiger partial charge in [0.15, 0.2) is 0 Å². The first-order valence-electron chi connectivity index (χ1n) is 8.27. The summed E-state index contributed by atoms with van der Waals surface area (Å²) >= 11 is 7.33. The first-order valence-corrected chi connectivity index (χ1v) is 11.0. The molecule has 3 aromatic rings. The molecule has 0 amide bonds. The average molecular weight is 409 g/mol. The highest BCUT2D eigenvalue weighted by atomic mass is 35.5. The normalized spacial score (nSPS) is 15.0. The molecule has 0 bridgehead atoms. The Kier molecular flexibility index (Phi) is 4.83. The van der Waals surface area contributed by atoms with Gasteiger partial charge >= 0.3 is 0 Å². The summed E-state index contributed by atoms with van der Waals surface area (Å²) in [5, 5.41) is 3.26. The van der Waals surface area contributed by atoms with Crippen LogP contribution in [0.15, 0.2) is 39.9 Å². The third kappa shape index (κ3) is 3.55. The predicted molar refractivity (Wildman–Crippen MR) is 104 cm³/mol. The van der Waals surface area contributed by atoms with Crippen molar-refractivity contribution in [3.05, 3.63) is 46.6 Å². The molecule has 26 heavy (non-hydrogen) atoms. The maximum Gasteiger partial charge on any atom is 0.250 e. The first kappa shape index (κ1) is 17.7. The van der Waals surface area contributed by atoms with Crippen LogP contribution in [0, 0.1) is 0 Å². The van der Waals surface area contributed by atoms with Gasteiger partial charge in [-0.05, 0) is 42.5 Å². The van der Waals surface area contributed by atoms with Crippen LogP contribution in [-0.2, 0) is 16.6 Å². The van der Waals surface area contributed by atoms with Crippen molar-refractivity contribution in [1.29, 1.82) is 0 Å². The smallest absolute Gasteiger partial charge is 0.250 e. The van der Waals surface area contributed by atoms with Crippen LogP contribution in [0.25, 0.3) is 10.9 Å². The average Bonchev–Trinajstić information content (AvgIpc) is 3.33. The fourth-order valence-electron chi connectivity index (χ4n) is 3.03. The second kappa shape index (κ2) is 7.11. The van der Waals surface area contributed by atoms with Gasteiger partial charge in [0, 0.05) is 23.5 Å². The van der Waals surface area contributed by atoms with Gasteiger partial charge < -0.3 is 4.90 Å². The Morgan fingerprint density at radius 2 is 2.00 bits per heavy atom. The molecule has 1 N–H and O–H groups in total. The topological polar surface area (TPSA) is 75.2 Å². The lowest BCUT2D eigenvalue weighted by Crippen LogP contribution is -2.25. The molecule has 4 rings (SSSR count). The number of hydrogen-bond donors (Lipinski definition) is 1. The Hall–Kier alpha value is -1.74. The molecule has 0 radical (unpaired) electrons. The third-order valence-electron chi connectivity index (χ3n) is 4.27. The number of rotatable bonds is 5. The highest BCUT2D eigenvalue weighted by Crippen LogP contribution is 2.29. The van der Waals surface area contributed by atoms with E-state index in [1.165, 1.54) is 11.3 Å². The zero-order valence-corrected chi connectivity index (χ0v) is 16.2. The van der Waals surface area contributed by atoms with Gasteiger partial charge in [-0.15, -0.1) is 11.3 Å². The maximum absolute atomic E-state index is 12.3. The Bertz CT molecular complexity index is 1030. The number of anilines is 1. The van der Waals surface area contributed by atoms with Crippen LogP contribution in [0.2, 0.25) is 5.02 Å². The molecule has 1 fully saturated rings. The van der Waals surface area contributed by atoms with Crippen LogP contribution >= 0.6 is 22.9 Å². The van der Waals surface area contributed by atoms with Crippen molar-refractivity contribution in [2.24, 2.45) is 0 Å².